The minimum atomic E-state index is -0.169. The van der Waals surface area contributed by atoms with E-state index in [1.807, 2.05) is 12.1 Å². The van der Waals surface area contributed by atoms with Crippen molar-refractivity contribution >= 4 is 5.69 Å². The molecule has 0 radical (unpaired) electrons. The van der Waals surface area contributed by atoms with Gasteiger partial charge in [-0.05, 0) is 43.5 Å². The summed E-state index contributed by atoms with van der Waals surface area (Å²) in [5, 5.41) is 0. The number of rotatable bonds is 5. The molecule has 0 spiro atoms. The van der Waals surface area contributed by atoms with Crippen LogP contribution in [-0.4, -0.2) is 43.2 Å². The van der Waals surface area contributed by atoms with Crippen molar-refractivity contribution in [1.82, 2.24) is 4.90 Å². The lowest BCUT2D eigenvalue weighted by atomic mass is 9.91. The zero-order chi connectivity index (χ0) is 14.9. The van der Waals surface area contributed by atoms with Crippen molar-refractivity contribution in [3.8, 4) is 0 Å². The molecule has 1 aliphatic carbocycles. The number of benzene rings is 1. The van der Waals surface area contributed by atoms with E-state index in [1.165, 1.54) is 19.3 Å². The third-order valence-corrected chi connectivity index (χ3v) is 5.10. The van der Waals surface area contributed by atoms with Gasteiger partial charge in [0.05, 0.1) is 0 Å². The maximum atomic E-state index is 13.0. The second-order valence-corrected chi connectivity index (χ2v) is 6.80. The van der Waals surface area contributed by atoms with Gasteiger partial charge in [0.15, 0.2) is 0 Å². The van der Waals surface area contributed by atoms with Crippen LogP contribution in [0.4, 0.5) is 10.1 Å². The number of anilines is 1. The Morgan fingerprint density at radius 1 is 1.14 bits per heavy atom. The summed E-state index contributed by atoms with van der Waals surface area (Å²) in [6.07, 6.45) is 4.00. The molecule has 1 atom stereocenters. The van der Waals surface area contributed by atoms with Crippen molar-refractivity contribution in [2.45, 2.75) is 31.7 Å². The fourth-order valence-electron chi connectivity index (χ4n) is 3.44. The van der Waals surface area contributed by atoms with E-state index in [9.17, 15) is 4.39 Å². The molecule has 1 aromatic rings. The molecule has 0 aromatic heterocycles. The van der Waals surface area contributed by atoms with E-state index in [1.54, 1.807) is 12.1 Å². The number of hydrogen-bond donors (Lipinski definition) is 1. The van der Waals surface area contributed by atoms with Crippen LogP contribution in [-0.2, 0) is 0 Å². The van der Waals surface area contributed by atoms with Gasteiger partial charge in [0.25, 0.3) is 0 Å². The average Bonchev–Trinajstić information content (AvgIpc) is 3.32. The van der Waals surface area contributed by atoms with Gasteiger partial charge < -0.3 is 10.6 Å². The molecule has 2 fully saturated rings. The van der Waals surface area contributed by atoms with Crippen molar-refractivity contribution in [2.24, 2.45) is 11.7 Å². The number of halogens is 1. The first-order chi connectivity index (χ1) is 10.1. The van der Waals surface area contributed by atoms with Gasteiger partial charge in [-0.25, -0.2) is 4.39 Å². The minimum absolute atomic E-state index is 0.149. The van der Waals surface area contributed by atoms with E-state index in [0.29, 0.717) is 0 Å². The number of piperazine rings is 1. The summed E-state index contributed by atoms with van der Waals surface area (Å²) >= 11 is 0. The third-order valence-electron chi connectivity index (χ3n) is 5.10. The molecule has 1 saturated carbocycles. The topological polar surface area (TPSA) is 32.5 Å². The van der Waals surface area contributed by atoms with E-state index in [4.69, 9.17) is 5.73 Å². The Morgan fingerprint density at radius 3 is 2.29 bits per heavy atom. The highest BCUT2D eigenvalue weighted by molar-refractivity contribution is 5.46. The molecule has 0 bridgehead atoms. The molecule has 1 aromatic carbocycles. The smallest absolute Gasteiger partial charge is 0.123 e. The van der Waals surface area contributed by atoms with Gasteiger partial charge >= 0.3 is 0 Å². The first-order valence-corrected chi connectivity index (χ1v) is 8.06. The number of hydrogen-bond acceptors (Lipinski definition) is 3. The Balaban J connectivity index is 1.59. The molecular formula is C17H26FN3. The molecule has 1 aliphatic heterocycles. The average molecular weight is 291 g/mol. The number of nitrogens with zero attached hydrogens (tertiary/aromatic N) is 2. The lowest BCUT2D eigenvalue weighted by Crippen LogP contribution is -2.59. The predicted octanol–water partition coefficient (Wildman–Crippen LogP) is 2.47. The van der Waals surface area contributed by atoms with Crippen LogP contribution < -0.4 is 10.6 Å². The van der Waals surface area contributed by atoms with Crippen LogP contribution >= 0.6 is 0 Å². The predicted molar refractivity (Wildman–Crippen MR) is 85.0 cm³/mol. The van der Waals surface area contributed by atoms with Gasteiger partial charge in [-0.2, -0.15) is 0 Å². The summed E-state index contributed by atoms with van der Waals surface area (Å²) in [6.45, 7) is 7.12. The highest BCUT2D eigenvalue weighted by atomic mass is 19.1. The van der Waals surface area contributed by atoms with Crippen molar-refractivity contribution in [3.05, 3.63) is 30.1 Å². The van der Waals surface area contributed by atoms with Crippen molar-refractivity contribution in [2.75, 3.05) is 37.6 Å². The summed E-state index contributed by atoms with van der Waals surface area (Å²) in [5.74, 6) is 0.728. The SMILES string of the molecule is CC(CN)(CC1CC1)N1CCN(c2ccc(F)cc2)CC1. The Morgan fingerprint density at radius 2 is 1.76 bits per heavy atom. The Bertz CT molecular complexity index is 463. The molecule has 4 heteroatoms. The fraction of sp³-hybridized carbons (Fsp3) is 0.647. The van der Waals surface area contributed by atoms with Gasteiger partial charge in [0.1, 0.15) is 5.82 Å². The zero-order valence-corrected chi connectivity index (χ0v) is 12.9. The third kappa shape index (κ3) is 3.38. The molecule has 3 rings (SSSR count). The van der Waals surface area contributed by atoms with E-state index in [-0.39, 0.29) is 11.4 Å². The number of nitrogens with two attached hydrogens (primary N) is 1. The molecule has 0 amide bonds. The molecular weight excluding hydrogens is 265 g/mol. The van der Waals surface area contributed by atoms with E-state index >= 15 is 0 Å². The highest BCUT2D eigenvalue weighted by Gasteiger charge is 2.38. The van der Waals surface area contributed by atoms with Crippen LogP contribution in [0.5, 0.6) is 0 Å². The van der Waals surface area contributed by atoms with E-state index in [2.05, 4.69) is 16.7 Å². The molecule has 116 valence electrons. The molecule has 2 aliphatic rings. The second kappa shape index (κ2) is 5.93. The lowest BCUT2D eigenvalue weighted by Gasteiger charge is -2.46. The largest absolute Gasteiger partial charge is 0.369 e. The van der Waals surface area contributed by atoms with Crippen molar-refractivity contribution in [1.29, 1.82) is 0 Å². The highest BCUT2D eigenvalue weighted by Crippen LogP contribution is 2.38. The minimum Gasteiger partial charge on any atom is -0.369 e. The Hall–Kier alpha value is -1.13. The lowest BCUT2D eigenvalue weighted by molar-refractivity contribution is 0.0890. The van der Waals surface area contributed by atoms with Crippen molar-refractivity contribution in [3.63, 3.8) is 0 Å². The van der Waals surface area contributed by atoms with Crippen LogP contribution in [0, 0.1) is 11.7 Å². The first kappa shape index (κ1) is 14.8. The monoisotopic (exact) mass is 291 g/mol. The van der Waals surface area contributed by atoms with E-state index < -0.39 is 0 Å². The molecule has 21 heavy (non-hydrogen) atoms. The summed E-state index contributed by atoms with van der Waals surface area (Å²) in [7, 11) is 0. The maximum Gasteiger partial charge on any atom is 0.123 e. The van der Waals surface area contributed by atoms with Gasteiger partial charge in [-0.3, -0.25) is 4.90 Å². The van der Waals surface area contributed by atoms with Gasteiger partial charge in [-0.15, -0.1) is 0 Å². The second-order valence-electron chi connectivity index (χ2n) is 6.80. The van der Waals surface area contributed by atoms with Crippen LogP contribution in [0.2, 0.25) is 0 Å². The molecule has 1 heterocycles. The normalized spacial score (nSPS) is 23.1. The Kier molecular flexibility index (Phi) is 4.18. The zero-order valence-electron chi connectivity index (χ0n) is 12.9. The summed E-state index contributed by atoms with van der Waals surface area (Å²) in [6, 6.07) is 6.83. The summed E-state index contributed by atoms with van der Waals surface area (Å²) in [4.78, 5) is 4.90. The fourth-order valence-corrected chi connectivity index (χ4v) is 3.44. The van der Waals surface area contributed by atoms with E-state index in [0.717, 1.165) is 44.3 Å². The molecule has 1 saturated heterocycles. The van der Waals surface area contributed by atoms with Crippen LogP contribution in [0.15, 0.2) is 24.3 Å². The van der Waals surface area contributed by atoms with Gasteiger partial charge in [0.2, 0.25) is 0 Å². The maximum absolute atomic E-state index is 13.0. The van der Waals surface area contributed by atoms with Crippen LogP contribution in [0.3, 0.4) is 0 Å². The molecule has 2 N–H and O–H groups in total. The quantitative estimate of drug-likeness (QED) is 0.904. The van der Waals surface area contributed by atoms with Gasteiger partial charge in [-0.1, -0.05) is 12.8 Å². The molecule has 1 unspecified atom stereocenters. The van der Waals surface area contributed by atoms with Crippen molar-refractivity contribution < 1.29 is 4.39 Å². The van der Waals surface area contributed by atoms with Gasteiger partial charge in [0, 0.05) is 44.0 Å². The van der Waals surface area contributed by atoms with Crippen LogP contribution in [0.25, 0.3) is 0 Å². The molecule has 3 nitrogen and oxygen atoms in total. The first-order valence-electron chi connectivity index (χ1n) is 8.06. The Labute approximate surface area is 126 Å². The standard InChI is InChI=1S/C17H26FN3/c1-17(13-19,12-14-2-3-14)21-10-8-20(9-11-21)16-6-4-15(18)5-7-16/h4-7,14H,2-3,8-13,19H2,1H3. The summed E-state index contributed by atoms with van der Waals surface area (Å²) in [5.41, 5.74) is 7.35. The van der Waals surface area contributed by atoms with Crippen LogP contribution in [0.1, 0.15) is 26.2 Å². The summed E-state index contributed by atoms with van der Waals surface area (Å²) < 4.78 is 13.0.